The molecule has 11 nitrogen and oxygen atoms in total. The maximum atomic E-state index is 14.0. The first kappa shape index (κ1) is 29.5. The minimum absolute atomic E-state index is 0.132. The number of likely N-dealkylation sites (tertiary alicyclic amines) is 1. The molecule has 0 aliphatic carbocycles. The maximum Gasteiger partial charge on any atom is 0.318 e. The van der Waals surface area contributed by atoms with Crippen molar-refractivity contribution in [2.24, 2.45) is 0 Å². The second-order valence-corrected chi connectivity index (χ2v) is 12.4. The molecule has 0 unspecified atom stereocenters. The quantitative estimate of drug-likeness (QED) is 0.476. The van der Waals surface area contributed by atoms with Crippen LogP contribution in [0, 0.1) is 11.3 Å². The maximum absolute atomic E-state index is 14.0. The van der Waals surface area contributed by atoms with E-state index < -0.39 is 18.1 Å². The van der Waals surface area contributed by atoms with Gasteiger partial charge in [-0.3, -0.25) is 4.79 Å². The van der Waals surface area contributed by atoms with E-state index in [0.29, 0.717) is 44.8 Å². The topological polar surface area (TPSA) is 105 Å². The number of aromatic nitrogens is 3. The fourth-order valence-electron chi connectivity index (χ4n) is 6.99. The molecule has 0 spiro atoms. The van der Waals surface area contributed by atoms with E-state index >= 15 is 0 Å². The van der Waals surface area contributed by atoms with Crippen LogP contribution in [-0.2, 0) is 30.7 Å². The van der Waals surface area contributed by atoms with Crippen molar-refractivity contribution in [2.75, 3.05) is 69.8 Å². The second-order valence-electron chi connectivity index (χ2n) is 12.4. The Morgan fingerprint density at radius 3 is 2.67 bits per heavy atom. The van der Waals surface area contributed by atoms with Crippen LogP contribution in [0.25, 0.3) is 0 Å². The van der Waals surface area contributed by atoms with Crippen LogP contribution >= 0.6 is 0 Å². The van der Waals surface area contributed by atoms with E-state index in [1.165, 1.54) is 23.0 Å². The summed E-state index contributed by atoms with van der Waals surface area (Å²) in [5, 5.41) is 9.52. The largest absolute Gasteiger partial charge is 0.462 e. The van der Waals surface area contributed by atoms with Crippen molar-refractivity contribution in [1.82, 2.24) is 29.7 Å². The zero-order valence-electron chi connectivity index (χ0n) is 25.5. The van der Waals surface area contributed by atoms with Crippen LogP contribution in [0.5, 0.6) is 6.01 Å². The van der Waals surface area contributed by atoms with E-state index in [4.69, 9.17) is 19.7 Å². The Bertz CT molecular complexity index is 1380. The van der Waals surface area contributed by atoms with Gasteiger partial charge in [0.25, 0.3) is 5.91 Å². The number of pyridine rings is 1. The Hall–Kier alpha value is -3.56. The first-order chi connectivity index (χ1) is 20.8. The SMILES string of the molecule is C[C@H](F)C(=O)N1CCN(c2nc(OC[C@@H]3CCCN3C)nc3c2CCN(c2nccc4c2CCN(C)C4)C3)C[C@@H]1CC#N. The van der Waals surface area contributed by atoms with E-state index in [-0.39, 0.29) is 6.42 Å². The molecule has 2 fully saturated rings. The first-order valence-corrected chi connectivity index (χ1v) is 15.5. The van der Waals surface area contributed by atoms with Crippen LogP contribution in [-0.4, -0.2) is 114 Å². The molecule has 43 heavy (non-hydrogen) atoms. The number of nitriles is 1. The van der Waals surface area contributed by atoms with Gasteiger partial charge in [-0.25, -0.2) is 9.37 Å². The zero-order valence-corrected chi connectivity index (χ0v) is 25.5. The Morgan fingerprint density at radius 2 is 1.91 bits per heavy atom. The molecule has 6 rings (SSSR count). The van der Waals surface area contributed by atoms with Crippen LogP contribution in [0.2, 0.25) is 0 Å². The minimum Gasteiger partial charge on any atom is -0.462 e. The molecule has 4 aliphatic rings. The molecule has 2 aromatic heterocycles. The van der Waals surface area contributed by atoms with Gasteiger partial charge >= 0.3 is 6.01 Å². The second kappa shape index (κ2) is 12.6. The number of rotatable bonds is 7. The van der Waals surface area contributed by atoms with Gasteiger partial charge in [0.05, 0.1) is 30.8 Å². The number of likely N-dealkylation sites (N-methyl/N-ethyl adjacent to an activating group) is 2. The highest BCUT2D eigenvalue weighted by atomic mass is 19.1. The fraction of sp³-hybridized carbons (Fsp3) is 0.645. The third-order valence-corrected chi connectivity index (χ3v) is 9.45. The van der Waals surface area contributed by atoms with Crippen LogP contribution in [0.3, 0.4) is 0 Å². The summed E-state index contributed by atoms with van der Waals surface area (Å²) < 4.78 is 20.3. The number of fused-ring (bicyclic) bond motifs is 2. The Balaban J connectivity index is 1.30. The van der Waals surface area contributed by atoms with Crippen molar-refractivity contribution in [1.29, 1.82) is 5.26 Å². The number of halogens is 1. The van der Waals surface area contributed by atoms with Gasteiger partial charge in [-0.1, -0.05) is 0 Å². The lowest BCUT2D eigenvalue weighted by Gasteiger charge is -2.42. The third-order valence-electron chi connectivity index (χ3n) is 9.45. The number of ether oxygens (including phenoxy) is 1. The Kier molecular flexibility index (Phi) is 8.63. The molecular formula is C31H42FN9O2. The van der Waals surface area contributed by atoms with Gasteiger partial charge in [-0.2, -0.15) is 15.2 Å². The van der Waals surface area contributed by atoms with E-state index in [1.807, 2.05) is 6.20 Å². The van der Waals surface area contributed by atoms with Crippen LogP contribution in [0.1, 0.15) is 48.6 Å². The molecule has 0 radical (unpaired) electrons. The van der Waals surface area contributed by atoms with Crippen LogP contribution in [0.15, 0.2) is 12.3 Å². The highest BCUT2D eigenvalue weighted by Crippen LogP contribution is 2.34. The predicted molar refractivity (Wildman–Crippen MR) is 161 cm³/mol. The molecule has 0 aromatic carbocycles. The average Bonchev–Trinajstić information content (AvgIpc) is 3.42. The lowest BCUT2D eigenvalue weighted by atomic mass is 9.98. The number of anilines is 2. The Morgan fingerprint density at radius 1 is 1.07 bits per heavy atom. The normalized spacial score (nSPS) is 23.5. The van der Waals surface area contributed by atoms with Gasteiger partial charge in [-0.05, 0) is 64.9 Å². The minimum atomic E-state index is -1.60. The van der Waals surface area contributed by atoms with Gasteiger partial charge in [0.15, 0.2) is 6.17 Å². The van der Waals surface area contributed by atoms with Crippen molar-refractivity contribution < 1.29 is 13.9 Å². The van der Waals surface area contributed by atoms with E-state index in [2.05, 4.69) is 45.8 Å². The molecular weight excluding hydrogens is 549 g/mol. The van der Waals surface area contributed by atoms with Crippen molar-refractivity contribution in [3.05, 3.63) is 34.6 Å². The average molecular weight is 592 g/mol. The fourth-order valence-corrected chi connectivity index (χ4v) is 6.99. The molecule has 0 saturated carbocycles. The van der Waals surface area contributed by atoms with Crippen molar-refractivity contribution in [3.8, 4) is 12.1 Å². The molecule has 2 saturated heterocycles. The molecule has 1 amide bonds. The molecule has 3 atom stereocenters. The summed E-state index contributed by atoms with van der Waals surface area (Å²) in [4.78, 5) is 38.0. The third kappa shape index (κ3) is 6.10. The number of piperazine rings is 1. The van der Waals surface area contributed by atoms with E-state index in [1.54, 1.807) is 0 Å². The number of carbonyl (C=O) groups is 1. The number of carbonyl (C=O) groups excluding carboxylic acids is 1. The standard InChI is InChI=1S/C31H42FN9O2/c1-21(32)30(42)41-16-15-40(18-23(41)6-10-33)29-26-9-14-39(28-25-8-13-37(2)17-22(25)7-11-34-28)19-27(26)35-31(36-29)43-20-24-5-4-12-38(24)3/h7,11,21,23-24H,4-6,8-9,12-20H2,1-3H3/t21-,23-,24-/m0/s1. The highest BCUT2D eigenvalue weighted by molar-refractivity contribution is 5.81. The lowest BCUT2D eigenvalue weighted by molar-refractivity contribution is -0.138. The molecule has 12 heteroatoms. The van der Waals surface area contributed by atoms with Crippen LogP contribution < -0.4 is 14.5 Å². The monoisotopic (exact) mass is 591 g/mol. The summed E-state index contributed by atoms with van der Waals surface area (Å²) in [6.07, 6.45) is 4.39. The number of nitrogens with zero attached hydrogens (tertiary/aromatic N) is 9. The van der Waals surface area contributed by atoms with Crippen molar-refractivity contribution >= 4 is 17.5 Å². The summed E-state index contributed by atoms with van der Waals surface area (Å²) in [6.45, 7) is 7.40. The number of amides is 1. The predicted octanol–water partition coefficient (Wildman–Crippen LogP) is 2.18. The van der Waals surface area contributed by atoms with E-state index in [9.17, 15) is 14.4 Å². The molecule has 230 valence electrons. The highest BCUT2D eigenvalue weighted by Gasteiger charge is 2.36. The smallest absolute Gasteiger partial charge is 0.318 e. The van der Waals surface area contributed by atoms with Gasteiger partial charge in [0, 0.05) is 62.6 Å². The van der Waals surface area contributed by atoms with Gasteiger partial charge < -0.3 is 29.2 Å². The van der Waals surface area contributed by atoms with Gasteiger partial charge in [-0.15, -0.1) is 0 Å². The van der Waals surface area contributed by atoms with E-state index in [0.717, 1.165) is 74.8 Å². The lowest BCUT2D eigenvalue weighted by Crippen LogP contribution is -2.57. The molecule has 0 N–H and O–H groups in total. The summed E-state index contributed by atoms with van der Waals surface area (Å²) in [6, 6.07) is 4.59. The summed E-state index contributed by atoms with van der Waals surface area (Å²) in [7, 11) is 4.27. The van der Waals surface area contributed by atoms with Crippen molar-refractivity contribution in [3.63, 3.8) is 0 Å². The molecule has 0 bridgehead atoms. The molecule has 2 aromatic rings. The number of alkyl halides is 1. The number of hydrogen-bond donors (Lipinski definition) is 0. The summed E-state index contributed by atoms with van der Waals surface area (Å²) >= 11 is 0. The summed E-state index contributed by atoms with van der Waals surface area (Å²) in [5.74, 6) is 1.27. The van der Waals surface area contributed by atoms with Crippen LogP contribution in [0.4, 0.5) is 16.0 Å². The first-order valence-electron chi connectivity index (χ1n) is 15.5. The summed E-state index contributed by atoms with van der Waals surface area (Å²) in [5.41, 5.74) is 4.64. The molecule has 6 heterocycles. The van der Waals surface area contributed by atoms with Gasteiger partial charge in [0.1, 0.15) is 18.2 Å². The van der Waals surface area contributed by atoms with Gasteiger partial charge in [0.2, 0.25) is 0 Å². The number of hydrogen-bond acceptors (Lipinski definition) is 10. The Labute approximate surface area is 253 Å². The zero-order chi connectivity index (χ0) is 30.1. The van der Waals surface area contributed by atoms with Crippen molar-refractivity contribution in [2.45, 2.75) is 70.4 Å². The molecule has 4 aliphatic heterocycles.